The molecular formula is C12H21F3N2O2. The molecule has 0 saturated carbocycles. The van der Waals surface area contributed by atoms with E-state index in [4.69, 9.17) is 6.85 Å². The minimum absolute atomic E-state index is 0.000764. The van der Waals surface area contributed by atoms with Crippen LogP contribution in [0.3, 0.4) is 0 Å². The lowest BCUT2D eigenvalue weighted by Gasteiger charge is -2.42. The molecule has 0 aromatic carbocycles. The highest BCUT2D eigenvalue weighted by Crippen LogP contribution is 2.23. The predicted molar refractivity (Wildman–Crippen MR) is 64.9 cm³/mol. The van der Waals surface area contributed by atoms with Gasteiger partial charge in [-0.1, -0.05) is 0 Å². The quantitative estimate of drug-likeness (QED) is 0.743. The Morgan fingerprint density at radius 1 is 1.32 bits per heavy atom. The highest BCUT2D eigenvalue weighted by molar-refractivity contribution is 5.68. The Kier molecular flexibility index (Phi) is 2.88. The van der Waals surface area contributed by atoms with E-state index in [1.807, 2.05) is 0 Å². The SMILES string of the molecule is [2H]C1([2H])CN(C(C)(C)C)CC([2H])([2H])N1C(=O)OC([2H])(C)C(F)(F)F. The fraction of sp³-hybridized carbons (Fsp3) is 0.917. The molecule has 1 heterocycles. The van der Waals surface area contributed by atoms with Gasteiger partial charge in [0, 0.05) is 31.6 Å². The van der Waals surface area contributed by atoms with Crippen LogP contribution in [0.4, 0.5) is 18.0 Å². The second-order valence-electron chi connectivity index (χ2n) is 5.10. The molecule has 0 N–H and O–H groups in total. The molecule has 0 bridgehead atoms. The van der Waals surface area contributed by atoms with E-state index < -0.39 is 50.0 Å². The number of hydrogen-bond donors (Lipinski definition) is 0. The van der Waals surface area contributed by atoms with Gasteiger partial charge >= 0.3 is 12.3 Å². The first-order valence-electron chi connectivity index (χ1n) is 8.16. The molecule has 0 radical (unpaired) electrons. The molecule has 4 nitrogen and oxygen atoms in total. The first kappa shape index (κ1) is 9.85. The molecule has 0 aliphatic carbocycles. The Hall–Kier alpha value is -0.980. The fourth-order valence-electron chi connectivity index (χ4n) is 1.26. The zero-order valence-electron chi connectivity index (χ0n) is 16.3. The lowest BCUT2D eigenvalue weighted by atomic mass is 10.1. The summed E-state index contributed by atoms with van der Waals surface area (Å²) in [7, 11) is 0. The molecular weight excluding hydrogens is 261 g/mol. The number of alkyl halides is 3. The van der Waals surface area contributed by atoms with E-state index >= 15 is 0 Å². The topological polar surface area (TPSA) is 32.8 Å². The number of halogens is 3. The Bertz CT molecular complexity index is 488. The number of carbonyl (C=O) groups is 1. The van der Waals surface area contributed by atoms with Gasteiger partial charge in [0.15, 0.2) is 6.08 Å². The van der Waals surface area contributed by atoms with Gasteiger partial charge in [0.25, 0.3) is 0 Å². The number of carbonyl (C=O) groups excluding carboxylic acids is 1. The molecule has 7 heteroatoms. The molecule has 1 aliphatic rings. The van der Waals surface area contributed by atoms with Gasteiger partial charge in [-0.3, -0.25) is 4.90 Å². The summed E-state index contributed by atoms with van der Waals surface area (Å²) >= 11 is 0. The summed E-state index contributed by atoms with van der Waals surface area (Å²) in [5, 5.41) is 0. The van der Waals surface area contributed by atoms with Gasteiger partial charge in [-0.05, 0) is 27.7 Å². The van der Waals surface area contributed by atoms with Crippen molar-refractivity contribution in [3.05, 3.63) is 0 Å². The molecule has 1 aliphatic heterocycles. The van der Waals surface area contributed by atoms with Crippen LogP contribution in [0, 0.1) is 0 Å². The first-order valence-corrected chi connectivity index (χ1v) is 5.66. The molecule has 1 unspecified atom stereocenters. The Labute approximate surface area is 118 Å². The first-order chi connectivity index (χ1) is 10.3. The van der Waals surface area contributed by atoms with Crippen LogP contribution in [-0.2, 0) is 4.74 Å². The molecule has 1 atom stereocenters. The average Bonchev–Trinajstić information content (AvgIpc) is 2.20. The summed E-state index contributed by atoms with van der Waals surface area (Å²) in [4.78, 5) is 13.5. The van der Waals surface area contributed by atoms with E-state index in [1.54, 1.807) is 20.8 Å². The number of amides is 1. The molecule has 0 aromatic rings. The predicted octanol–water partition coefficient (Wildman–Crippen LogP) is 2.49. The van der Waals surface area contributed by atoms with Crippen LogP contribution in [0.15, 0.2) is 0 Å². The van der Waals surface area contributed by atoms with Crippen LogP contribution in [0.25, 0.3) is 0 Å². The van der Waals surface area contributed by atoms with Crippen LogP contribution in [0.5, 0.6) is 0 Å². The molecule has 1 amide bonds. The van der Waals surface area contributed by atoms with Crippen molar-refractivity contribution in [1.29, 1.82) is 0 Å². The fourth-order valence-corrected chi connectivity index (χ4v) is 1.26. The van der Waals surface area contributed by atoms with Gasteiger partial charge < -0.3 is 9.64 Å². The summed E-state index contributed by atoms with van der Waals surface area (Å²) < 4.78 is 80.8. The van der Waals surface area contributed by atoms with Crippen molar-refractivity contribution in [3.8, 4) is 0 Å². The van der Waals surface area contributed by atoms with Crippen molar-refractivity contribution >= 4 is 6.09 Å². The molecule has 1 rings (SSSR count). The zero-order chi connectivity index (χ0) is 19.4. The minimum atomic E-state index is -5.20. The number of nitrogens with zero attached hydrogens (tertiary/aromatic N) is 2. The second kappa shape index (κ2) is 5.56. The van der Waals surface area contributed by atoms with E-state index in [1.165, 1.54) is 4.90 Å². The highest BCUT2D eigenvalue weighted by atomic mass is 19.4. The van der Waals surface area contributed by atoms with E-state index in [0.717, 1.165) is 0 Å². The van der Waals surface area contributed by atoms with Gasteiger partial charge in [-0.15, -0.1) is 0 Å². The Morgan fingerprint density at radius 2 is 1.79 bits per heavy atom. The van der Waals surface area contributed by atoms with Crippen molar-refractivity contribution in [2.75, 3.05) is 26.1 Å². The van der Waals surface area contributed by atoms with Gasteiger partial charge in [0.1, 0.15) is 0 Å². The van der Waals surface area contributed by atoms with Crippen LogP contribution in [0.1, 0.15) is 34.5 Å². The molecule has 1 fully saturated rings. The average molecular weight is 287 g/mol. The maximum Gasteiger partial charge on any atom is 0.425 e. The third kappa shape index (κ3) is 4.56. The second-order valence-corrected chi connectivity index (χ2v) is 5.10. The van der Waals surface area contributed by atoms with E-state index in [9.17, 15) is 18.0 Å². The van der Waals surface area contributed by atoms with Crippen molar-refractivity contribution in [1.82, 2.24) is 9.80 Å². The monoisotopic (exact) mass is 287 g/mol. The summed E-state index contributed by atoms with van der Waals surface area (Å²) in [6.45, 7) is -0.603. The van der Waals surface area contributed by atoms with Crippen molar-refractivity contribution < 1.29 is 29.6 Å². The van der Waals surface area contributed by atoms with Crippen molar-refractivity contribution in [2.45, 2.75) is 45.5 Å². The summed E-state index contributed by atoms with van der Waals surface area (Å²) in [6, 6.07) is 0. The molecule has 112 valence electrons. The lowest BCUT2D eigenvalue weighted by Crippen LogP contribution is -2.55. The molecule has 0 spiro atoms. The summed E-state index contributed by atoms with van der Waals surface area (Å²) in [5.74, 6) is 0. The lowest BCUT2D eigenvalue weighted by molar-refractivity contribution is -0.200. The van der Waals surface area contributed by atoms with Crippen LogP contribution in [-0.4, -0.2) is 59.8 Å². The normalized spacial score (nSPS) is 31.1. The van der Waals surface area contributed by atoms with Gasteiger partial charge in [0.2, 0.25) is 0 Å². The maximum absolute atomic E-state index is 12.7. The highest BCUT2D eigenvalue weighted by Gasteiger charge is 2.40. The van der Waals surface area contributed by atoms with E-state index in [0.29, 0.717) is 6.92 Å². The molecule has 19 heavy (non-hydrogen) atoms. The van der Waals surface area contributed by atoms with Crippen LogP contribution < -0.4 is 0 Å². The summed E-state index contributed by atoms with van der Waals surface area (Å²) in [6.07, 6.45) is -10.7. The minimum Gasteiger partial charge on any atom is -0.437 e. The zero-order valence-corrected chi connectivity index (χ0v) is 11.3. The standard InChI is InChI=1S/C12H21F3N2O2/c1-9(12(13,14)15)19-10(18)16-5-7-17(8-6-16)11(2,3)4/h9H,5-8H2,1-4H3/i5D2,6D2,9D. The molecule has 1 saturated heterocycles. The van der Waals surface area contributed by atoms with Crippen molar-refractivity contribution in [2.24, 2.45) is 0 Å². The summed E-state index contributed by atoms with van der Waals surface area (Å²) in [5.41, 5.74) is -0.618. The van der Waals surface area contributed by atoms with Gasteiger partial charge in [0.05, 0.1) is 6.85 Å². The third-order valence-corrected chi connectivity index (χ3v) is 2.61. The number of piperazine rings is 1. The third-order valence-electron chi connectivity index (χ3n) is 2.61. The Morgan fingerprint density at radius 3 is 2.16 bits per heavy atom. The number of ether oxygens (including phenoxy) is 1. The van der Waals surface area contributed by atoms with Gasteiger partial charge in [-0.25, -0.2) is 4.79 Å². The van der Waals surface area contributed by atoms with Crippen LogP contribution >= 0.6 is 0 Å². The van der Waals surface area contributed by atoms with E-state index in [-0.39, 0.29) is 4.90 Å². The van der Waals surface area contributed by atoms with Crippen molar-refractivity contribution in [3.63, 3.8) is 0 Å². The van der Waals surface area contributed by atoms with E-state index in [2.05, 4.69) is 4.74 Å². The Balaban J connectivity index is 3.13. The smallest absolute Gasteiger partial charge is 0.425 e. The number of rotatable bonds is 1. The largest absolute Gasteiger partial charge is 0.437 e. The maximum atomic E-state index is 12.7. The number of hydrogen-bond acceptors (Lipinski definition) is 3. The van der Waals surface area contributed by atoms with Crippen LogP contribution in [0.2, 0.25) is 0 Å². The van der Waals surface area contributed by atoms with Gasteiger partial charge in [-0.2, -0.15) is 13.2 Å². The molecule has 0 aromatic heterocycles.